The lowest BCUT2D eigenvalue weighted by molar-refractivity contribution is -0.384. The van der Waals surface area contributed by atoms with E-state index in [-0.39, 0.29) is 34.6 Å². The number of carbonyl (C=O) groups excluding carboxylic acids is 1. The molecule has 2 aromatic carbocycles. The first-order chi connectivity index (χ1) is 15.4. The monoisotopic (exact) mass is 452 g/mol. The lowest BCUT2D eigenvalue weighted by Gasteiger charge is -2.26. The van der Waals surface area contributed by atoms with Gasteiger partial charge in [0.15, 0.2) is 5.16 Å². The zero-order chi connectivity index (χ0) is 22.7. The molecule has 8 nitrogen and oxygen atoms in total. The van der Waals surface area contributed by atoms with E-state index in [9.17, 15) is 19.7 Å². The summed E-state index contributed by atoms with van der Waals surface area (Å²) in [5.74, 6) is -0.401. The van der Waals surface area contributed by atoms with Crippen molar-refractivity contribution in [3.63, 3.8) is 0 Å². The van der Waals surface area contributed by atoms with Crippen LogP contribution in [-0.2, 0) is 4.79 Å². The number of rotatable bonds is 6. The van der Waals surface area contributed by atoms with Crippen LogP contribution in [0.3, 0.4) is 0 Å². The molecule has 0 spiro atoms. The maximum Gasteiger partial charge on any atom is 0.293 e. The predicted molar refractivity (Wildman–Crippen MR) is 125 cm³/mol. The smallest absolute Gasteiger partial charge is 0.293 e. The van der Waals surface area contributed by atoms with Gasteiger partial charge in [-0.05, 0) is 43.5 Å². The van der Waals surface area contributed by atoms with Crippen LogP contribution in [0.5, 0.6) is 0 Å². The van der Waals surface area contributed by atoms with E-state index < -0.39 is 4.92 Å². The van der Waals surface area contributed by atoms with Gasteiger partial charge < -0.3 is 5.32 Å². The third-order valence-corrected chi connectivity index (χ3v) is 6.62. The second-order valence-corrected chi connectivity index (χ2v) is 8.94. The summed E-state index contributed by atoms with van der Waals surface area (Å²) < 4.78 is 1.74. The molecule has 0 aliphatic heterocycles. The Morgan fingerprint density at radius 3 is 2.72 bits per heavy atom. The number of benzene rings is 2. The number of hydrogen-bond acceptors (Lipinski definition) is 6. The Labute approximate surface area is 189 Å². The molecule has 1 saturated carbocycles. The Bertz CT molecular complexity index is 1230. The number of nitrogens with zero attached hydrogens (tertiary/aromatic N) is 3. The van der Waals surface area contributed by atoms with Gasteiger partial charge in [0, 0.05) is 12.1 Å². The van der Waals surface area contributed by atoms with Crippen LogP contribution < -0.4 is 10.9 Å². The summed E-state index contributed by atoms with van der Waals surface area (Å²) in [6.07, 6.45) is 5.11. The van der Waals surface area contributed by atoms with Crippen molar-refractivity contribution < 1.29 is 9.72 Å². The van der Waals surface area contributed by atoms with Crippen LogP contribution in [0, 0.1) is 17.0 Å². The summed E-state index contributed by atoms with van der Waals surface area (Å²) in [4.78, 5) is 41.4. The van der Waals surface area contributed by atoms with Gasteiger partial charge in [0.2, 0.25) is 5.91 Å². The van der Waals surface area contributed by atoms with Crippen molar-refractivity contribution in [2.75, 3.05) is 11.1 Å². The van der Waals surface area contributed by atoms with Crippen molar-refractivity contribution in [3.05, 3.63) is 68.5 Å². The number of fused-ring (bicyclic) bond motifs is 1. The van der Waals surface area contributed by atoms with Crippen molar-refractivity contribution in [2.24, 2.45) is 0 Å². The fourth-order valence-electron chi connectivity index (χ4n) is 4.10. The van der Waals surface area contributed by atoms with Crippen molar-refractivity contribution in [1.82, 2.24) is 9.55 Å². The minimum atomic E-state index is -0.513. The number of aromatic nitrogens is 2. The van der Waals surface area contributed by atoms with E-state index in [1.165, 1.54) is 23.9 Å². The molecule has 1 fully saturated rings. The van der Waals surface area contributed by atoms with Crippen molar-refractivity contribution >= 4 is 39.9 Å². The lowest BCUT2D eigenvalue weighted by atomic mass is 9.95. The molecule has 0 unspecified atom stereocenters. The van der Waals surface area contributed by atoms with Gasteiger partial charge in [0.25, 0.3) is 11.2 Å². The van der Waals surface area contributed by atoms with E-state index in [0.29, 0.717) is 16.1 Å². The molecule has 32 heavy (non-hydrogen) atoms. The van der Waals surface area contributed by atoms with Gasteiger partial charge in [-0.2, -0.15) is 0 Å². The maximum atomic E-state index is 13.3. The molecule has 1 heterocycles. The number of nitro groups is 1. The molecular weight excluding hydrogens is 428 g/mol. The Morgan fingerprint density at radius 1 is 1.22 bits per heavy atom. The number of aryl methyl sites for hydroxylation is 1. The Kier molecular flexibility index (Phi) is 6.55. The predicted octanol–water partition coefficient (Wildman–Crippen LogP) is 4.85. The molecule has 1 amide bonds. The van der Waals surface area contributed by atoms with Gasteiger partial charge in [-0.25, -0.2) is 4.98 Å². The summed E-state index contributed by atoms with van der Waals surface area (Å²) in [5, 5.41) is 15.0. The first-order valence-electron chi connectivity index (χ1n) is 10.6. The number of thioether (sulfide) groups is 1. The van der Waals surface area contributed by atoms with Crippen molar-refractivity contribution in [1.29, 1.82) is 0 Å². The van der Waals surface area contributed by atoms with Crippen LogP contribution in [0.25, 0.3) is 10.9 Å². The first-order valence-corrected chi connectivity index (χ1v) is 11.6. The van der Waals surface area contributed by atoms with Crippen LogP contribution >= 0.6 is 11.8 Å². The zero-order valence-corrected chi connectivity index (χ0v) is 18.6. The van der Waals surface area contributed by atoms with Crippen molar-refractivity contribution in [2.45, 2.75) is 50.2 Å². The van der Waals surface area contributed by atoms with Crippen LogP contribution in [0.1, 0.15) is 43.7 Å². The van der Waals surface area contributed by atoms with Gasteiger partial charge in [0.05, 0.1) is 21.6 Å². The second-order valence-electron chi connectivity index (χ2n) is 7.99. The molecule has 9 heteroatoms. The normalized spacial score (nSPS) is 14.4. The molecule has 1 N–H and O–H groups in total. The number of para-hydroxylation sites is 1. The lowest BCUT2D eigenvalue weighted by Crippen LogP contribution is -2.29. The maximum absolute atomic E-state index is 13.3. The van der Waals surface area contributed by atoms with Crippen LogP contribution in [-0.4, -0.2) is 26.1 Å². The summed E-state index contributed by atoms with van der Waals surface area (Å²) in [7, 11) is 0. The average molecular weight is 453 g/mol. The number of nitrogens with one attached hydrogen (secondary N) is 1. The zero-order valence-electron chi connectivity index (χ0n) is 17.7. The van der Waals surface area contributed by atoms with E-state index in [1.807, 2.05) is 12.1 Å². The second kappa shape index (κ2) is 9.52. The number of amides is 1. The molecule has 0 radical (unpaired) electrons. The highest BCUT2D eigenvalue weighted by atomic mass is 32.2. The molecule has 4 rings (SSSR count). The van der Waals surface area contributed by atoms with E-state index in [2.05, 4.69) is 10.3 Å². The quantitative estimate of drug-likeness (QED) is 0.248. The first kappa shape index (κ1) is 22.0. The summed E-state index contributed by atoms with van der Waals surface area (Å²) in [5.41, 5.74) is 1.26. The largest absolute Gasteiger partial charge is 0.320 e. The van der Waals surface area contributed by atoms with Crippen LogP contribution in [0.4, 0.5) is 11.4 Å². The number of hydrogen-bond donors (Lipinski definition) is 1. The fraction of sp³-hybridized carbons (Fsp3) is 0.348. The molecule has 1 aromatic heterocycles. The highest BCUT2D eigenvalue weighted by Gasteiger charge is 2.23. The van der Waals surface area contributed by atoms with Crippen LogP contribution in [0.2, 0.25) is 0 Å². The molecule has 1 aliphatic rings. The van der Waals surface area contributed by atoms with E-state index >= 15 is 0 Å². The van der Waals surface area contributed by atoms with E-state index in [1.54, 1.807) is 29.7 Å². The molecule has 0 atom stereocenters. The van der Waals surface area contributed by atoms with Crippen LogP contribution in [0.15, 0.2) is 52.4 Å². The Hall–Kier alpha value is -3.20. The molecular formula is C23H24N4O4S. The number of carbonyl (C=O) groups is 1. The average Bonchev–Trinajstić information content (AvgIpc) is 2.79. The Balaban J connectivity index is 1.59. The summed E-state index contributed by atoms with van der Waals surface area (Å²) in [6, 6.07) is 12.0. The van der Waals surface area contributed by atoms with Crippen molar-refractivity contribution in [3.8, 4) is 0 Å². The topological polar surface area (TPSA) is 107 Å². The molecule has 0 bridgehead atoms. The number of nitro benzene ring substituents is 1. The minimum Gasteiger partial charge on any atom is -0.320 e. The SMILES string of the molecule is Cc1ccc(NC(=O)CSc2nc3ccccc3c(=O)n2C2CCCCC2)c([N+](=O)[O-])c1. The standard InChI is InChI=1S/C23H24N4O4S/c1-15-11-12-19(20(13-15)27(30)31)24-21(28)14-32-23-25-18-10-6-5-9-17(18)22(29)26(23)16-7-3-2-4-8-16/h5-6,9-13,16H,2-4,7-8,14H2,1H3,(H,24,28). The molecule has 0 saturated heterocycles. The highest BCUT2D eigenvalue weighted by molar-refractivity contribution is 7.99. The molecule has 166 valence electrons. The summed E-state index contributed by atoms with van der Waals surface area (Å²) in [6.45, 7) is 1.75. The highest BCUT2D eigenvalue weighted by Crippen LogP contribution is 2.31. The van der Waals surface area contributed by atoms with Gasteiger partial charge >= 0.3 is 0 Å². The van der Waals surface area contributed by atoms with Gasteiger partial charge in [0.1, 0.15) is 5.69 Å². The number of anilines is 1. The molecule has 3 aromatic rings. The Morgan fingerprint density at radius 2 is 1.97 bits per heavy atom. The fourth-order valence-corrected chi connectivity index (χ4v) is 4.97. The minimum absolute atomic E-state index is 0.0114. The third kappa shape index (κ3) is 4.67. The molecule has 1 aliphatic carbocycles. The van der Waals surface area contributed by atoms with E-state index in [0.717, 1.165) is 37.7 Å². The third-order valence-electron chi connectivity index (χ3n) is 5.67. The van der Waals surface area contributed by atoms with Gasteiger partial charge in [-0.3, -0.25) is 24.3 Å². The van der Waals surface area contributed by atoms with Gasteiger partial charge in [-0.1, -0.05) is 49.2 Å². The van der Waals surface area contributed by atoms with E-state index in [4.69, 9.17) is 0 Å². The summed E-state index contributed by atoms with van der Waals surface area (Å²) >= 11 is 1.18. The van der Waals surface area contributed by atoms with Gasteiger partial charge in [-0.15, -0.1) is 0 Å².